The van der Waals surface area contributed by atoms with Gasteiger partial charge in [-0.25, -0.2) is 0 Å². The van der Waals surface area contributed by atoms with Crippen LogP contribution in [-0.2, 0) is 35.3 Å². The van der Waals surface area contributed by atoms with Gasteiger partial charge in [-0.2, -0.15) is 24.5 Å². The van der Waals surface area contributed by atoms with E-state index >= 15 is 0 Å². The number of thiophene rings is 1. The maximum atomic E-state index is 14.2. The molecule has 4 aromatic rings. The number of piperazine rings is 1. The number of hydrogen-bond acceptors (Lipinski definition) is 4. The molecule has 2 amide bonds. The maximum absolute atomic E-state index is 14.2. The van der Waals surface area contributed by atoms with Gasteiger partial charge in [-0.15, -0.1) is 0 Å². The molecule has 1 fully saturated rings. The third kappa shape index (κ3) is 8.45. The molecule has 5 rings (SSSR count). The summed E-state index contributed by atoms with van der Waals surface area (Å²) in [6.07, 6.45) is -1.26. The second-order valence-corrected chi connectivity index (χ2v) is 11.6. The molecule has 228 valence electrons. The number of halogens is 3. The van der Waals surface area contributed by atoms with Crippen molar-refractivity contribution in [2.24, 2.45) is 0 Å². The molecule has 1 unspecified atom stereocenters. The van der Waals surface area contributed by atoms with Crippen molar-refractivity contribution >= 4 is 29.2 Å². The van der Waals surface area contributed by atoms with E-state index in [1.54, 1.807) is 4.90 Å². The molecule has 1 aliphatic rings. The van der Waals surface area contributed by atoms with E-state index in [2.05, 4.69) is 17.0 Å². The summed E-state index contributed by atoms with van der Waals surface area (Å²) in [5, 5.41) is 3.88. The van der Waals surface area contributed by atoms with Crippen LogP contribution in [0.2, 0.25) is 0 Å². The van der Waals surface area contributed by atoms with Crippen molar-refractivity contribution in [2.45, 2.75) is 31.7 Å². The first kappa shape index (κ1) is 31.2. The van der Waals surface area contributed by atoms with Gasteiger partial charge in [-0.1, -0.05) is 72.8 Å². The molecule has 1 atom stereocenters. The van der Waals surface area contributed by atoms with Crippen LogP contribution in [-0.4, -0.2) is 58.7 Å². The summed E-state index contributed by atoms with van der Waals surface area (Å²) in [7, 11) is 0. The largest absolute Gasteiger partial charge is 0.416 e. The zero-order chi connectivity index (χ0) is 30.9. The van der Waals surface area contributed by atoms with Gasteiger partial charge in [0.25, 0.3) is 0 Å². The molecular weight excluding hydrogens is 583 g/mol. The zero-order valence-electron chi connectivity index (χ0n) is 24.2. The quantitative estimate of drug-likeness (QED) is 0.185. The summed E-state index contributed by atoms with van der Waals surface area (Å²) in [6, 6.07) is 25.7. The van der Waals surface area contributed by atoms with Gasteiger partial charge in [0.2, 0.25) is 11.8 Å². The minimum atomic E-state index is -4.44. The van der Waals surface area contributed by atoms with E-state index in [4.69, 9.17) is 0 Å². The van der Waals surface area contributed by atoms with Crippen LogP contribution >= 0.6 is 11.3 Å². The Hall–Kier alpha value is -4.21. The fourth-order valence-corrected chi connectivity index (χ4v) is 5.97. The minimum Gasteiger partial charge on any atom is -0.338 e. The molecule has 5 nitrogen and oxygen atoms in total. The third-order valence-corrected chi connectivity index (χ3v) is 8.47. The standard InChI is InChI=1S/C35H34F3N3O2S/c36-35(37,38)31-14-11-27(12-15-31)13-16-33(42)41(25-30-17-22-44-26-30)32(23-28-7-3-1-4-8-28)34(43)40-20-18-39(19-21-40)24-29-9-5-2-6-10-29/h1-17,22,26,32H,18-21,23-25H2. The van der Waals surface area contributed by atoms with Crippen molar-refractivity contribution in [3.05, 3.63) is 136 Å². The molecule has 0 N–H and O–H groups in total. The van der Waals surface area contributed by atoms with Gasteiger partial charge in [-0.05, 0) is 57.3 Å². The summed E-state index contributed by atoms with van der Waals surface area (Å²) in [5.41, 5.74) is 2.77. The number of benzene rings is 3. The molecule has 0 aliphatic carbocycles. The van der Waals surface area contributed by atoms with Crippen LogP contribution in [0, 0.1) is 0 Å². The highest BCUT2D eigenvalue weighted by Gasteiger charge is 2.34. The second-order valence-electron chi connectivity index (χ2n) is 10.8. The van der Waals surface area contributed by atoms with E-state index in [1.165, 1.54) is 41.2 Å². The number of amides is 2. The summed E-state index contributed by atoms with van der Waals surface area (Å²) in [6.45, 7) is 3.61. The van der Waals surface area contributed by atoms with Crippen LogP contribution in [0.4, 0.5) is 13.2 Å². The third-order valence-electron chi connectivity index (χ3n) is 7.74. The van der Waals surface area contributed by atoms with Crippen LogP contribution in [0.25, 0.3) is 6.08 Å². The lowest BCUT2D eigenvalue weighted by Crippen LogP contribution is -2.56. The molecule has 2 heterocycles. The van der Waals surface area contributed by atoms with Crippen LogP contribution in [0.5, 0.6) is 0 Å². The molecule has 1 saturated heterocycles. The molecule has 3 aromatic carbocycles. The molecule has 0 spiro atoms. The fraction of sp³-hybridized carbons (Fsp3) is 0.257. The van der Waals surface area contributed by atoms with Crippen LogP contribution in [0.3, 0.4) is 0 Å². The van der Waals surface area contributed by atoms with Gasteiger partial charge >= 0.3 is 6.18 Å². The van der Waals surface area contributed by atoms with E-state index in [0.717, 1.165) is 42.9 Å². The Balaban J connectivity index is 1.37. The monoisotopic (exact) mass is 617 g/mol. The second kappa shape index (κ2) is 14.5. The van der Waals surface area contributed by atoms with Gasteiger partial charge in [0.15, 0.2) is 0 Å². The number of carbonyl (C=O) groups excluding carboxylic acids is 2. The van der Waals surface area contributed by atoms with Gasteiger partial charge in [0.05, 0.1) is 5.56 Å². The van der Waals surface area contributed by atoms with Crippen LogP contribution in [0.15, 0.2) is 108 Å². The highest BCUT2D eigenvalue weighted by molar-refractivity contribution is 7.07. The molecule has 1 aromatic heterocycles. The van der Waals surface area contributed by atoms with Crippen molar-refractivity contribution in [1.82, 2.24) is 14.7 Å². The smallest absolute Gasteiger partial charge is 0.338 e. The predicted molar refractivity (Wildman–Crippen MR) is 168 cm³/mol. The SMILES string of the molecule is O=C(C(Cc1ccccc1)N(Cc1ccsc1)C(=O)C=Cc1ccc(C(F)(F)F)cc1)N1CCN(Cc2ccccc2)CC1. The van der Waals surface area contributed by atoms with Crippen LogP contribution in [0.1, 0.15) is 27.8 Å². The summed E-state index contributed by atoms with van der Waals surface area (Å²) in [4.78, 5) is 33.8. The first-order valence-electron chi connectivity index (χ1n) is 14.5. The van der Waals surface area contributed by atoms with Gasteiger partial charge in [0, 0.05) is 51.8 Å². The van der Waals surface area contributed by atoms with Crippen molar-refractivity contribution in [3.63, 3.8) is 0 Å². The van der Waals surface area contributed by atoms with E-state index in [-0.39, 0.29) is 18.4 Å². The average molecular weight is 618 g/mol. The first-order valence-corrected chi connectivity index (χ1v) is 15.5. The highest BCUT2D eigenvalue weighted by atomic mass is 32.1. The Labute approximate surface area is 259 Å². The van der Waals surface area contributed by atoms with Crippen molar-refractivity contribution in [3.8, 4) is 0 Å². The number of carbonyl (C=O) groups is 2. The highest BCUT2D eigenvalue weighted by Crippen LogP contribution is 2.29. The van der Waals surface area contributed by atoms with E-state index < -0.39 is 17.8 Å². The van der Waals surface area contributed by atoms with Gasteiger partial charge < -0.3 is 9.80 Å². The first-order chi connectivity index (χ1) is 21.3. The Kier molecular flexibility index (Phi) is 10.3. The topological polar surface area (TPSA) is 43.9 Å². The molecule has 9 heteroatoms. The summed E-state index contributed by atoms with van der Waals surface area (Å²) < 4.78 is 39.1. The van der Waals surface area contributed by atoms with Crippen molar-refractivity contribution < 1.29 is 22.8 Å². The van der Waals surface area contributed by atoms with E-state index in [9.17, 15) is 22.8 Å². The lowest BCUT2D eigenvalue weighted by molar-refractivity contribution is -0.145. The average Bonchev–Trinajstić information content (AvgIpc) is 3.56. The number of nitrogens with zero attached hydrogens (tertiary/aromatic N) is 3. The van der Waals surface area contributed by atoms with Crippen LogP contribution < -0.4 is 0 Å². The van der Waals surface area contributed by atoms with Crippen molar-refractivity contribution in [2.75, 3.05) is 26.2 Å². The Morgan fingerprint density at radius 2 is 1.45 bits per heavy atom. The van der Waals surface area contributed by atoms with Gasteiger partial charge in [0.1, 0.15) is 6.04 Å². The molecule has 0 radical (unpaired) electrons. The van der Waals surface area contributed by atoms with Crippen molar-refractivity contribution in [1.29, 1.82) is 0 Å². The summed E-state index contributed by atoms with van der Waals surface area (Å²) >= 11 is 1.51. The predicted octanol–water partition coefficient (Wildman–Crippen LogP) is 6.76. The molecular formula is C35H34F3N3O2S. The minimum absolute atomic E-state index is 0.111. The van der Waals surface area contributed by atoms with E-state index in [1.807, 2.05) is 70.3 Å². The normalized spacial score (nSPS) is 14.9. The lowest BCUT2D eigenvalue weighted by atomic mass is 10.0. The summed E-state index contributed by atoms with van der Waals surface area (Å²) in [5.74, 6) is -0.493. The molecule has 44 heavy (non-hydrogen) atoms. The Morgan fingerprint density at radius 1 is 0.818 bits per heavy atom. The number of alkyl halides is 3. The zero-order valence-corrected chi connectivity index (χ0v) is 25.0. The number of rotatable bonds is 10. The Bertz CT molecular complexity index is 1520. The molecule has 0 saturated carbocycles. The lowest BCUT2D eigenvalue weighted by Gasteiger charge is -2.39. The number of hydrogen-bond donors (Lipinski definition) is 0. The molecule has 1 aliphatic heterocycles. The van der Waals surface area contributed by atoms with Gasteiger partial charge in [-0.3, -0.25) is 14.5 Å². The molecule has 0 bridgehead atoms. The Morgan fingerprint density at radius 3 is 2.05 bits per heavy atom. The van der Waals surface area contributed by atoms with E-state index in [0.29, 0.717) is 25.1 Å². The maximum Gasteiger partial charge on any atom is 0.416 e. The fourth-order valence-electron chi connectivity index (χ4n) is 5.31.